The standard InChI is InChI=1S/C11H3ClF3N5/c12-7-1-6(11(13,14)15)4-18-10(7)20-5-19-8(2-16)9(20)3-17/h1,4-5H. The topological polar surface area (TPSA) is 78.3 Å². The van der Waals surface area contributed by atoms with Crippen LogP contribution < -0.4 is 0 Å². The number of imidazole rings is 1. The van der Waals surface area contributed by atoms with E-state index in [1.807, 2.05) is 0 Å². The van der Waals surface area contributed by atoms with Gasteiger partial charge in [0, 0.05) is 6.20 Å². The molecule has 0 amide bonds. The first kappa shape index (κ1) is 13.8. The van der Waals surface area contributed by atoms with Crippen LogP contribution in [0.5, 0.6) is 0 Å². The summed E-state index contributed by atoms with van der Waals surface area (Å²) in [5.74, 6) is -0.106. The van der Waals surface area contributed by atoms with Gasteiger partial charge in [-0.2, -0.15) is 23.7 Å². The molecule has 0 saturated heterocycles. The van der Waals surface area contributed by atoms with Crippen molar-refractivity contribution in [2.45, 2.75) is 6.18 Å². The normalized spacial score (nSPS) is 10.9. The second-order valence-corrected chi connectivity index (χ2v) is 3.97. The largest absolute Gasteiger partial charge is 0.417 e. The summed E-state index contributed by atoms with van der Waals surface area (Å²) in [6, 6.07) is 4.10. The minimum atomic E-state index is -4.57. The number of hydrogen-bond acceptors (Lipinski definition) is 4. The molecule has 2 rings (SSSR count). The molecule has 2 aromatic heterocycles. The summed E-state index contributed by atoms with van der Waals surface area (Å²) >= 11 is 5.75. The predicted molar refractivity (Wildman–Crippen MR) is 60.8 cm³/mol. The third-order valence-corrected chi connectivity index (χ3v) is 2.63. The molecule has 0 spiro atoms. The Balaban J connectivity index is 2.59. The average molecular weight is 298 g/mol. The minimum Gasteiger partial charge on any atom is -0.272 e. The van der Waals surface area contributed by atoms with Crippen molar-refractivity contribution < 1.29 is 13.2 Å². The summed E-state index contributed by atoms with van der Waals surface area (Å²) in [5.41, 5.74) is -1.32. The fourth-order valence-corrected chi connectivity index (χ4v) is 1.72. The fraction of sp³-hybridized carbons (Fsp3) is 0.0909. The number of halogens is 4. The zero-order valence-electron chi connectivity index (χ0n) is 9.48. The van der Waals surface area contributed by atoms with Crippen LogP contribution in [0.3, 0.4) is 0 Å². The Morgan fingerprint density at radius 3 is 2.40 bits per heavy atom. The van der Waals surface area contributed by atoms with Gasteiger partial charge >= 0.3 is 6.18 Å². The van der Waals surface area contributed by atoms with E-state index in [4.69, 9.17) is 22.1 Å². The molecule has 0 fully saturated rings. The van der Waals surface area contributed by atoms with Crippen LogP contribution in [-0.4, -0.2) is 14.5 Å². The second kappa shape index (κ2) is 4.83. The Bertz CT molecular complexity index is 751. The zero-order valence-corrected chi connectivity index (χ0v) is 10.2. The van der Waals surface area contributed by atoms with Crippen molar-refractivity contribution in [3.05, 3.63) is 40.6 Å². The van der Waals surface area contributed by atoms with Gasteiger partial charge in [0.1, 0.15) is 18.5 Å². The first-order valence-corrected chi connectivity index (χ1v) is 5.37. The molecule has 0 atom stereocenters. The van der Waals surface area contributed by atoms with Crippen molar-refractivity contribution in [2.24, 2.45) is 0 Å². The summed E-state index contributed by atoms with van der Waals surface area (Å²) in [7, 11) is 0. The van der Waals surface area contributed by atoms with Crippen molar-refractivity contribution in [3.63, 3.8) is 0 Å². The third-order valence-electron chi connectivity index (χ3n) is 2.36. The molecule has 2 heterocycles. The van der Waals surface area contributed by atoms with E-state index in [1.165, 1.54) is 0 Å². The van der Waals surface area contributed by atoms with Crippen LogP contribution in [0, 0.1) is 22.7 Å². The van der Waals surface area contributed by atoms with Crippen LogP contribution in [0.2, 0.25) is 5.02 Å². The summed E-state index contributed by atoms with van der Waals surface area (Å²) in [6.45, 7) is 0. The van der Waals surface area contributed by atoms with E-state index in [0.29, 0.717) is 12.3 Å². The van der Waals surface area contributed by atoms with Crippen LogP contribution >= 0.6 is 11.6 Å². The molecule has 0 aliphatic rings. The highest BCUT2D eigenvalue weighted by Gasteiger charge is 2.32. The maximum absolute atomic E-state index is 12.5. The molecule has 0 bridgehead atoms. The quantitative estimate of drug-likeness (QED) is 0.810. The SMILES string of the molecule is N#Cc1ncn(-c2ncc(C(F)(F)F)cc2Cl)c1C#N. The number of aromatic nitrogens is 3. The van der Waals surface area contributed by atoms with E-state index < -0.39 is 11.7 Å². The van der Waals surface area contributed by atoms with E-state index in [0.717, 1.165) is 10.9 Å². The van der Waals surface area contributed by atoms with Gasteiger partial charge in [-0.15, -0.1) is 0 Å². The molecule has 20 heavy (non-hydrogen) atoms. The summed E-state index contributed by atoms with van der Waals surface area (Å²) < 4.78 is 38.5. The Hall–Kier alpha value is -2.58. The zero-order chi connectivity index (χ0) is 14.9. The highest BCUT2D eigenvalue weighted by atomic mass is 35.5. The Morgan fingerprint density at radius 2 is 1.90 bits per heavy atom. The van der Waals surface area contributed by atoms with E-state index in [-0.39, 0.29) is 22.2 Å². The van der Waals surface area contributed by atoms with E-state index in [2.05, 4.69) is 9.97 Å². The maximum atomic E-state index is 12.5. The Labute approximate surface area is 115 Å². The van der Waals surface area contributed by atoms with Gasteiger partial charge in [0.15, 0.2) is 17.2 Å². The van der Waals surface area contributed by atoms with Gasteiger partial charge in [0.05, 0.1) is 10.6 Å². The van der Waals surface area contributed by atoms with Crippen LogP contribution in [0.15, 0.2) is 18.6 Å². The lowest BCUT2D eigenvalue weighted by Gasteiger charge is -2.09. The van der Waals surface area contributed by atoms with Gasteiger partial charge in [-0.1, -0.05) is 11.6 Å². The van der Waals surface area contributed by atoms with Gasteiger partial charge < -0.3 is 0 Å². The first-order valence-electron chi connectivity index (χ1n) is 4.99. The molecule has 2 aromatic rings. The molecule has 5 nitrogen and oxygen atoms in total. The minimum absolute atomic E-state index is 0.106. The van der Waals surface area contributed by atoms with Crippen LogP contribution in [0.4, 0.5) is 13.2 Å². The number of rotatable bonds is 1. The molecule has 0 aliphatic heterocycles. The monoisotopic (exact) mass is 297 g/mol. The van der Waals surface area contributed by atoms with Crippen LogP contribution in [0.1, 0.15) is 17.0 Å². The van der Waals surface area contributed by atoms with Crippen molar-refractivity contribution in [1.82, 2.24) is 14.5 Å². The number of pyridine rings is 1. The summed E-state index contributed by atoms with van der Waals surface area (Å²) in [6.07, 6.45) is -2.88. The van der Waals surface area contributed by atoms with E-state index in [9.17, 15) is 13.2 Å². The number of nitriles is 2. The van der Waals surface area contributed by atoms with Crippen LogP contribution in [-0.2, 0) is 6.18 Å². The van der Waals surface area contributed by atoms with Crippen molar-refractivity contribution >= 4 is 11.6 Å². The molecule has 0 unspecified atom stereocenters. The summed E-state index contributed by atoms with van der Waals surface area (Å²) in [4.78, 5) is 7.23. The van der Waals surface area contributed by atoms with Gasteiger partial charge in [-0.25, -0.2) is 9.97 Å². The number of hydrogen-bond donors (Lipinski definition) is 0. The van der Waals surface area contributed by atoms with Gasteiger partial charge in [-0.3, -0.25) is 4.57 Å². The van der Waals surface area contributed by atoms with E-state index >= 15 is 0 Å². The molecule has 0 N–H and O–H groups in total. The van der Waals surface area contributed by atoms with Crippen molar-refractivity contribution in [2.75, 3.05) is 0 Å². The maximum Gasteiger partial charge on any atom is 0.417 e. The number of nitrogens with zero attached hydrogens (tertiary/aromatic N) is 5. The second-order valence-electron chi connectivity index (χ2n) is 3.56. The molecular weight excluding hydrogens is 295 g/mol. The Kier molecular flexibility index (Phi) is 3.35. The van der Waals surface area contributed by atoms with Crippen LogP contribution in [0.25, 0.3) is 5.82 Å². The van der Waals surface area contributed by atoms with Gasteiger partial charge in [-0.05, 0) is 6.07 Å². The first-order chi connectivity index (χ1) is 9.38. The lowest BCUT2D eigenvalue weighted by molar-refractivity contribution is -0.137. The van der Waals surface area contributed by atoms with Crippen molar-refractivity contribution in [1.29, 1.82) is 10.5 Å². The van der Waals surface area contributed by atoms with E-state index in [1.54, 1.807) is 12.1 Å². The van der Waals surface area contributed by atoms with Crippen molar-refractivity contribution in [3.8, 4) is 18.0 Å². The molecule has 100 valence electrons. The predicted octanol–water partition coefficient (Wildman–Crippen LogP) is 2.68. The molecule has 0 saturated carbocycles. The number of alkyl halides is 3. The molecule has 0 radical (unpaired) electrons. The highest BCUT2D eigenvalue weighted by molar-refractivity contribution is 6.32. The Morgan fingerprint density at radius 1 is 1.20 bits per heavy atom. The highest BCUT2D eigenvalue weighted by Crippen LogP contribution is 2.32. The molecule has 9 heteroatoms. The molecule has 0 aliphatic carbocycles. The average Bonchev–Trinajstić information content (AvgIpc) is 2.80. The van der Waals surface area contributed by atoms with Gasteiger partial charge in [0.25, 0.3) is 0 Å². The summed E-state index contributed by atoms with van der Waals surface area (Å²) in [5, 5.41) is 17.4. The lowest BCUT2D eigenvalue weighted by Crippen LogP contribution is -2.08. The lowest BCUT2D eigenvalue weighted by atomic mass is 10.2. The molecular formula is C11H3ClF3N5. The molecule has 0 aromatic carbocycles. The van der Waals surface area contributed by atoms with Gasteiger partial charge in [0.2, 0.25) is 0 Å². The fourth-order valence-electron chi connectivity index (χ4n) is 1.46. The smallest absolute Gasteiger partial charge is 0.272 e. The third kappa shape index (κ3) is 2.29.